The molecule has 23 heavy (non-hydrogen) atoms. The maximum Gasteiger partial charge on any atom is 0.331 e. The number of nitrogens with zero attached hydrogens (tertiary/aromatic N) is 3. The molecule has 124 valence electrons. The molecule has 0 radical (unpaired) electrons. The molecule has 2 aliphatic heterocycles. The lowest BCUT2D eigenvalue weighted by Gasteiger charge is -2.38. The number of hydrogen-bond acceptors (Lipinski definition) is 6. The van der Waals surface area contributed by atoms with Crippen molar-refractivity contribution in [1.82, 2.24) is 15.4 Å². The van der Waals surface area contributed by atoms with E-state index < -0.39 is 5.54 Å². The molecule has 0 bridgehead atoms. The second-order valence-corrected chi connectivity index (χ2v) is 6.35. The van der Waals surface area contributed by atoms with Crippen molar-refractivity contribution in [2.75, 3.05) is 31.6 Å². The van der Waals surface area contributed by atoms with Crippen LogP contribution in [0.3, 0.4) is 0 Å². The van der Waals surface area contributed by atoms with Gasteiger partial charge in [-0.05, 0) is 43.9 Å². The van der Waals surface area contributed by atoms with Crippen molar-refractivity contribution in [2.24, 2.45) is 5.92 Å². The fourth-order valence-corrected chi connectivity index (χ4v) is 3.33. The van der Waals surface area contributed by atoms with Crippen LogP contribution in [0.25, 0.3) is 0 Å². The van der Waals surface area contributed by atoms with E-state index in [0.717, 1.165) is 32.5 Å². The molecule has 1 aromatic rings. The summed E-state index contributed by atoms with van der Waals surface area (Å²) >= 11 is 0. The van der Waals surface area contributed by atoms with Gasteiger partial charge in [0.1, 0.15) is 0 Å². The van der Waals surface area contributed by atoms with Crippen molar-refractivity contribution in [3.8, 4) is 0 Å². The molecule has 1 unspecified atom stereocenters. The summed E-state index contributed by atoms with van der Waals surface area (Å²) in [6, 6.07) is 4.11. The highest BCUT2D eigenvalue weighted by Gasteiger charge is 2.42. The number of rotatable bonds is 4. The zero-order valence-corrected chi connectivity index (χ0v) is 13.7. The van der Waals surface area contributed by atoms with Crippen molar-refractivity contribution in [3.05, 3.63) is 36.8 Å². The Bertz CT molecular complexity index is 569. The predicted molar refractivity (Wildman–Crippen MR) is 88.6 cm³/mol. The number of anilines is 1. The Morgan fingerprint density at radius 2 is 2.09 bits per heavy atom. The zero-order valence-electron chi connectivity index (χ0n) is 13.7. The van der Waals surface area contributed by atoms with Gasteiger partial charge in [-0.2, -0.15) is 0 Å². The van der Waals surface area contributed by atoms with Crippen molar-refractivity contribution in [2.45, 2.75) is 25.3 Å². The zero-order chi connectivity index (χ0) is 16.3. The molecule has 1 aromatic heterocycles. The number of carbonyl (C=O) groups excluding carboxylic acids is 1. The molecular weight excluding hydrogens is 292 g/mol. The maximum absolute atomic E-state index is 12.1. The highest BCUT2D eigenvalue weighted by molar-refractivity contribution is 5.83. The first-order valence-electron chi connectivity index (χ1n) is 8.08. The van der Waals surface area contributed by atoms with E-state index in [0.29, 0.717) is 5.92 Å². The molecule has 2 aliphatic rings. The van der Waals surface area contributed by atoms with Gasteiger partial charge in [0.25, 0.3) is 0 Å². The fourth-order valence-electron chi connectivity index (χ4n) is 3.33. The summed E-state index contributed by atoms with van der Waals surface area (Å²) in [7, 11) is 1.44. The summed E-state index contributed by atoms with van der Waals surface area (Å²) in [5.41, 5.74) is 3.71. The summed E-state index contributed by atoms with van der Waals surface area (Å²) in [6.45, 7) is 4.79. The van der Waals surface area contributed by atoms with Crippen LogP contribution in [0.2, 0.25) is 0 Å². The van der Waals surface area contributed by atoms with Gasteiger partial charge in [0.15, 0.2) is 5.54 Å². The number of hydrogen-bond donors (Lipinski definition) is 1. The number of nitrogens with one attached hydrogen (secondary N) is 1. The van der Waals surface area contributed by atoms with Gasteiger partial charge in [-0.1, -0.05) is 0 Å². The minimum atomic E-state index is -0.711. The first-order valence-corrected chi connectivity index (χ1v) is 8.08. The van der Waals surface area contributed by atoms with Gasteiger partial charge in [-0.3, -0.25) is 4.98 Å². The van der Waals surface area contributed by atoms with Gasteiger partial charge >= 0.3 is 5.97 Å². The lowest BCUT2D eigenvalue weighted by Crippen LogP contribution is -2.54. The normalized spacial score (nSPS) is 25.4. The van der Waals surface area contributed by atoms with E-state index in [-0.39, 0.29) is 5.97 Å². The molecule has 1 N–H and O–H groups in total. The van der Waals surface area contributed by atoms with E-state index in [1.165, 1.54) is 12.8 Å². The van der Waals surface area contributed by atoms with E-state index in [1.807, 2.05) is 36.6 Å². The molecule has 0 spiro atoms. The standard InChI is InChI=1S/C17H24N4O2/c1-17(16(22)23-2)7-10-19-21(17)13-14-5-11-20(12-6-14)15-3-8-18-9-4-15/h3-4,7-10,14,19H,5-6,11-13H2,1-2H3. The SMILES string of the molecule is COC(=O)C1(C)C=CNN1CC1CCN(c2ccncc2)CC1. The van der Waals surface area contributed by atoms with Gasteiger partial charge < -0.3 is 15.1 Å². The number of piperidine rings is 1. The van der Waals surface area contributed by atoms with Gasteiger partial charge in [0.2, 0.25) is 0 Å². The second-order valence-electron chi connectivity index (χ2n) is 6.35. The third-order valence-corrected chi connectivity index (χ3v) is 4.88. The molecule has 6 heteroatoms. The van der Waals surface area contributed by atoms with Crippen LogP contribution in [0.4, 0.5) is 5.69 Å². The summed E-state index contributed by atoms with van der Waals surface area (Å²) in [5, 5.41) is 1.99. The summed E-state index contributed by atoms with van der Waals surface area (Å²) in [5.74, 6) is 0.331. The van der Waals surface area contributed by atoms with E-state index in [2.05, 4.69) is 27.4 Å². The number of esters is 1. The minimum absolute atomic E-state index is 0.229. The maximum atomic E-state index is 12.1. The molecule has 0 aromatic carbocycles. The Hall–Kier alpha value is -2.08. The monoisotopic (exact) mass is 316 g/mol. The Kier molecular flexibility index (Phi) is 4.52. The summed E-state index contributed by atoms with van der Waals surface area (Å²) < 4.78 is 4.95. The van der Waals surface area contributed by atoms with E-state index in [4.69, 9.17) is 4.74 Å². The van der Waals surface area contributed by atoms with Crippen LogP contribution in [0.5, 0.6) is 0 Å². The van der Waals surface area contributed by atoms with Gasteiger partial charge in [0.05, 0.1) is 7.11 Å². The fraction of sp³-hybridized carbons (Fsp3) is 0.529. The number of ether oxygens (including phenoxy) is 1. The molecule has 0 aliphatic carbocycles. The van der Waals surface area contributed by atoms with E-state index >= 15 is 0 Å². The Morgan fingerprint density at radius 3 is 2.74 bits per heavy atom. The number of carbonyl (C=O) groups is 1. The number of hydrazine groups is 1. The molecule has 1 fully saturated rings. The molecule has 1 saturated heterocycles. The molecule has 0 saturated carbocycles. The first-order chi connectivity index (χ1) is 11.1. The number of aromatic nitrogens is 1. The third-order valence-electron chi connectivity index (χ3n) is 4.88. The van der Waals surface area contributed by atoms with Crippen LogP contribution in [0.15, 0.2) is 36.8 Å². The highest BCUT2D eigenvalue weighted by atomic mass is 16.5. The topological polar surface area (TPSA) is 57.7 Å². The van der Waals surface area contributed by atoms with E-state index in [9.17, 15) is 4.79 Å². The van der Waals surface area contributed by atoms with Crippen molar-refractivity contribution in [3.63, 3.8) is 0 Å². The molecule has 1 atom stereocenters. The summed E-state index contributed by atoms with van der Waals surface area (Å²) in [4.78, 5) is 18.5. The van der Waals surface area contributed by atoms with Crippen LogP contribution in [-0.4, -0.2) is 48.2 Å². The van der Waals surface area contributed by atoms with Crippen LogP contribution in [-0.2, 0) is 9.53 Å². The van der Waals surface area contributed by atoms with E-state index in [1.54, 1.807) is 0 Å². The smallest absolute Gasteiger partial charge is 0.331 e. The first kappa shape index (κ1) is 15.8. The van der Waals surface area contributed by atoms with Crippen molar-refractivity contribution in [1.29, 1.82) is 0 Å². The Morgan fingerprint density at radius 1 is 1.39 bits per heavy atom. The second kappa shape index (κ2) is 6.58. The Labute approximate surface area is 137 Å². The minimum Gasteiger partial charge on any atom is -0.467 e. The molecule has 6 nitrogen and oxygen atoms in total. The lowest BCUT2D eigenvalue weighted by molar-refractivity contribution is -0.152. The lowest BCUT2D eigenvalue weighted by atomic mass is 9.94. The van der Waals surface area contributed by atoms with Crippen molar-refractivity contribution >= 4 is 11.7 Å². The van der Waals surface area contributed by atoms with Crippen LogP contribution >= 0.6 is 0 Å². The summed E-state index contributed by atoms with van der Waals surface area (Å²) in [6.07, 6.45) is 9.58. The van der Waals surface area contributed by atoms with Crippen LogP contribution in [0, 0.1) is 5.92 Å². The van der Waals surface area contributed by atoms with Crippen LogP contribution < -0.4 is 10.3 Å². The van der Waals surface area contributed by atoms with Gasteiger partial charge in [-0.15, -0.1) is 0 Å². The molecular formula is C17H24N4O2. The number of methoxy groups -OCH3 is 1. The Balaban J connectivity index is 1.56. The third kappa shape index (κ3) is 3.17. The molecule has 0 amide bonds. The van der Waals surface area contributed by atoms with Gasteiger partial charge in [0, 0.05) is 43.9 Å². The van der Waals surface area contributed by atoms with Crippen LogP contribution in [0.1, 0.15) is 19.8 Å². The largest absolute Gasteiger partial charge is 0.467 e. The highest BCUT2D eigenvalue weighted by Crippen LogP contribution is 2.27. The average Bonchev–Trinajstić information content (AvgIpc) is 2.97. The number of pyridine rings is 1. The molecule has 3 heterocycles. The van der Waals surface area contributed by atoms with Crippen molar-refractivity contribution < 1.29 is 9.53 Å². The molecule has 3 rings (SSSR count). The average molecular weight is 316 g/mol. The van der Waals surface area contributed by atoms with Gasteiger partial charge in [-0.25, -0.2) is 9.80 Å². The predicted octanol–water partition coefficient (Wildman–Crippen LogP) is 1.56. The quantitative estimate of drug-likeness (QED) is 0.851.